The third kappa shape index (κ3) is 3.02. The number of hydrogen-bond acceptors (Lipinski definition) is 5. The summed E-state index contributed by atoms with van der Waals surface area (Å²) in [6.07, 6.45) is 1.12. The number of nitrogens with zero attached hydrogens (tertiary/aromatic N) is 1. The van der Waals surface area contributed by atoms with E-state index in [1.54, 1.807) is 0 Å². The number of anilines is 1. The number of nitrogen functional groups attached to an aromatic ring is 1. The molecule has 1 atom stereocenters. The van der Waals surface area contributed by atoms with Crippen LogP contribution < -0.4 is 16.4 Å². The van der Waals surface area contributed by atoms with Crippen LogP contribution in [0.2, 0.25) is 0 Å². The van der Waals surface area contributed by atoms with E-state index in [1.807, 2.05) is 0 Å². The molecule has 0 bridgehead atoms. The van der Waals surface area contributed by atoms with Crippen molar-refractivity contribution < 1.29 is 14.5 Å². The van der Waals surface area contributed by atoms with Gasteiger partial charge >= 0.3 is 0 Å². The summed E-state index contributed by atoms with van der Waals surface area (Å²) < 4.78 is 0. The molecular formula is C12H14N4O4. The molecule has 1 aromatic rings. The summed E-state index contributed by atoms with van der Waals surface area (Å²) >= 11 is 0. The maximum Gasteiger partial charge on any atom is 0.292 e. The van der Waals surface area contributed by atoms with E-state index in [1.165, 1.54) is 12.1 Å². The van der Waals surface area contributed by atoms with Crippen LogP contribution in [-0.2, 0) is 4.79 Å². The summed E-state index contributed by atoms with van der Waals surface area (Å²) in [5.74, 6) is -0.471. The van der Waals surface area contributed by atoms with E-state index in [0.717, 1.165) is 6.07 Å². The lowest BCUT2D eigenvalue weighted by Crippen LogP contribution is -2.38. The first kappa shape index (κ1) is 13.8. The van der Waals surface area contributed by atoms with Gasteiger partial charge in [-0.15, -0.1) is 0 Å². The van der Waals surface area contributed by atoms with Crippen molar-refractivity contribution in [1.82, 2.24) is 10.6 Å². The van der Waals surface area contributed by atoms with Crippen LogP contribution in [0.4, 0.5) is 11.4 Å². The molecule has 0 radical (unpaired) electrons. The normalized spacial score (nSPS) is 17.6. The zero-order valence-corrected chi connectivity index (χ0v) is 10.6. The maximum absolute atomic E-state index is 11.9. The fourth-order valence-corrected chi connectivity index (χ4v) is 1.99. The Bertz CT molecular complexity index is 573. The van der Waals surface area contributed by atoms with Gasteiger partial charge in [-0.1, -0.05) is 0 Å². The van der Waals surface area contributed by atoms with Gasteiger partial charge in [0.2, 0.25) is 5.91 Å². The van der Waals surface area contributed by atoms with Gasteiger partial charge in [-0.3, -0.25) is 19.7 Å². The minimum atomic E-state index is -0.636. The van der Waals surface area contributed by atoms with E-state index in [-0.39, 0.29) is 28.9 Å². The van der Waals surface area contributed by atoms with Crippen molar-refractivity contribution in [1.29, 1.82) is 0 Å². The summed E-state index contributed by atoms with van der Waals surface area (Å²) in [6, 6.07) is 3.79. The highest BCUT2D eigenvalue weighted by Crippen LogP contribution is 2.22. The minimum Gasteiger partial charge on any atom is -0.393 e. The molecule has 0 saturated carbocycles. The smallest absolute Gasteiger partial charge is 0.292 e. The summed E-state index contributed by atoms with van der Waals surface area (Å²) in [7, 11) is 0. The van der Waals surface area contributed by atoms with Crippen molar-refractivity contribution in [3.63, 3.8) is 0 Å². The third-order valence-electron chi connectivity index (χ3n) is 3.08. The Morgan fingerprint density at radius 3 is 2.90 bits per heavy atom. The number of nitro groups is 1. The average Bonchev–Trinajstić information content (AvgIpc) is 2.82. The predicted octanol–water partition coefficient (Wildman–Crippen LogP) is 0.185. The Morgan fingerprint density at radius 2 is 2.30 bits per heavy atom. The summed E-state index contributed by atoms with van der Waals surface area (Å²) in [5.41, 5.74) is 5.33. The van der Waals surface area contributed by atoms with E-state index in [2.05, 4.69) is 10.6 Å². The molecule has 0 aromatic heterocycles. The number of amides is 2. The van der Waals surface area contributed by atoms with Gasteiger partial charge in [-0.2, -0.15) is 0 Å². The zero-order chi connectivity index (χ0) is 14.7. The summed E-state index contributed by atoms with van der Waals surface area (Å²) in [6.45, 7) is 0.294. The van der Waals surface area contributed by atoms with Crippen LogP contribution in [0, 0.1) is 10.1 Å². The van der Waals surface area contributed by atoms with Crippen LogP contribution in [0.15, 0.2) is 18.2 Å². The first-order valence-electron chi connectivity index (χ1n) is 6.09. The number of carbonyl (C=O) groups is 2. The monoisotopic (exact) mass is 278 g/mol. The van der Waals surface area contributed by atoms with Crippen LogP contribution in [0.3, 0.4) is 0 Å². The maximum atomic E-state index is 11.9. The third-order valence-corrected chi connectivity index (χ3v) is 3.08. The first-order chi connectivity index (χ1) is 9.47. The highest BCUT2D eigenvalue weighted by molar-refractivity contribution is 5.95. The number of carbonyl (C=O) groups excluding carboxylic acids is 2. The highest BCUT2D eigenvalue weighted by Gasteiger charge is 2.22. The average molecular weight is 278 g/mol. The number of nitrogens with two attached hydrogens (primary N) is 1. The topological polar surface area (TPSA) is 127 Å². The molecule has 1 fully saturated rings. The fourth-order valence-electron chi connectivity index (χ4n) is 1.99. The number of nitrogens with one attached hydrogen (secondary N) is 2. The number of nitro benzene ring substituents is 1. The van der Waals surface area contributed by atoms with Crippen LogP contribution in [-0.4, -0.2) is 29.3 Å². The molecule has 4 N–H and O–H groups in total. The Labute approximate surface area is 114 Å². The quantitative estimate of drug-likeness (QED) is 0.411. The van der Waals surface area contributed by atoms with E-state index < -0.39 is 10.8 Å². The molecule has 1 heterocycles. The van der Waals surface area contributed by atoms with Gasteiger partial charge in [0.15, 0.2) is 0 Å². The Hall–Kier alpha value is -2.64. The van der Waals surface area contributed by atoms with Gasteiger partial charge in [0.25, 0.3) is 11.6 Å². The van der Waals surface area contributed by atoms with Crippen LogP contribution in [0.25, 0.3) is 0 Å². The number of benzene rings is 1. The lowest BCUT2D eigenvalue weighted by Gasteiger charge is -2.11. The fraction of sp³-hybridized carbons (Fsp3) is 0.333. The molecule has 0 aliphatic carbocycles. The van der Waals surface area contributed by atoms with Crippen molar-refractivity contribution in [3.8, 4) is 0 Å². The van der Waals surface area contributed by atoms with E-state index >= 15 is 0 Å². The molecule has 20 heavy (non-hydrogen) atoms. The Kier molecular flexibility index (Phi) is 3.83. The molecule has 106 valence electrons. The van der Waals surface area contributed by atoms with Gasteiger partial charge < -0.3 is 16.4 Å². The van der Waals surface area contributed by atoms with Crippen molar-refractivity contribution in [2.75, 3.05) is 12.3 Å². The SMILES string of the molecule is Nc1ccc(C(=O)NCC2CCC(=O)N2)cc1[N+](=O)[O-]. The summed E-state index contributed by atoms with van der Waals surface area (Å²) in [4.78, 5) is 33.0. The number of hydrogen-bond donors (Lipinski definition) is 3. The first-order valence-corrected chi connectivity index (χ1v) is 6.09. The van der Waals surface area contributed by atoms with Crippen LogP contribution in [0.5, 0.6) is 0 Å². The van der Waals surface area contributed by atoms with Gasteiger partial charge in [0, 0.05) is 30.6 Å². The van der Waals surface area contributed by atoms with Crippen molar-refractivity contribution in [2.45, 2.75) is 18.9 Å². The Balaban J connectivity index is 2.00. The molecule has 8 heteroatoms. The van der Waals surface area contributed by atoms with Gasteiger partial charge in [-0.05, 0) is 18.6 Å². The van der Waals surface area contributed by atoms with Gasteiger partial charge in [-0.25, -0.2) is 0 Å². The van der Waals surface area contributed by atoms with E-state index in [0.29, 0.717) is 19.4 Å². The van der Waals surface area contributed by atoms with Crippen molar-refractivity contribution in [2.24, 2.45) is 0 Å². The van der Waals surface area contributed by atoms with Gasteiger partial charge in [0.1, 0.15) is 5.69 Å². The molecule has 0 spiro atoms. The molecule has 1 aromatic carbocycles. The van der Waals surface area contributed by atoms with Crippen molar-refractivity contribution >= 4 is 23.2 Å². The summed E-state index contributed by atoms with van der Waals surface area (Å²) in [5, 5.41) is 16.1. The molecule has 2 amide bonds. The zero-order valence-electron chi connectivity index (χ0n) is 10.6. The van der Waals surface area contributed by atoms with E-state index in [9.17, 15) is 19.7 Å². The second kappa shape index (κ2) is 5.55. The standard InChI is InChI=1S/C12H14N4O4/c13-9-3-1-7(5-10(9)16(19)20)12(18)14-6-8-2-4-11(17)15-8/h1,3,5,8H,2,4,6,13H2,(H,14,18)(H,15,17). The van der Waals surface area contributed by atoms with Crippen LogP contribution in [0.1, 0.15) is 23.2 Å². The molecule has 1 saturated heterocycles. The lowest BCUT2D eigenvalue weighted by molar-refractivity contribution is -0.383. The largest absolute Gasteiger partial charge is 0.393 e. The second-order valence-corrected chi connectivity index (χ2v) is 4.54. The molecule has 2 rings (SSSR count). The molecule has 1 unspecified atom stereocenters. The minimum absolute atomic E-state index is 0.00889. The second-order valence-electron chi connectivity index (χ2n) is 4.54. The Morgan fingerprint density at radius 1 is 1.55 bits per heavy atom. The molecule has 1 aliphatic heterocycles. The van der Waals surface area contributed by atoms with Crippen LogP contribution >= 0.6 is 0 Å². The molecule has 1 aliphatic rings. The lowest BCUT2D eigenvalue weighted by atomic mass is 10.1. The van der Waals surface area contributed by atoms with Crippen molar-refractivity contribution in [3.05, 3.63) is 33.9 Å². The predicted molar refractivity (Wildman–Crippen MR) is 71.0 cm³/mol. The molecule has 8 nitrogen and oxygen atoms in total. The highest BCUT2D eigenvalue weighted by atomic mass is 16.6. The van der Waals surface area contributed by atoms with E-state index in [4.69, 9.17) is 5.73 Å². The van der Waals surface area contributed by atoms with Gasteiger partial charge in [0.05, 0.1) is 4.92 Å². The number of rotatable bonds is 4. The molecular weight excluding hydrogens is 264 g/mol.